The summed E-state index contributed by atoms with van der Waals surface area (Å²) < 4.78 is 5.36. The van der Waals surface area contributed by atoms with Crippen molar-refractivity contribution in [2.45, 2.75) is 0 Å². The van der Waals surface area contributed by atoms with Crippen LogP contribution < -0.4 is 21.5 Å². The molecule has 0 aliphatic heterocycles. The van der Waals surface area contributed by atoms with Crippen molar-refractivity contribution in [2.24, 2.45) is 5.10 Å². The van der Waals surface area contributed by atoms with Crippen molar-refractivity contribution in [1.29, 1.82) is 0 Å². The molecule has 0 bridgehead atoms. The average molecular weight is 523 g/mol. The number of carbonyl (C=O) groups is 3. The Balaban J connectivity index is 1.42. The minimum absolute atomic E-state index is 0.0368. The number of carbonyl (C=O) groups excluding carboxylic acids is 3. The molecule has 4 rings (SSSR count). The molecule has 0 saturated heterocycles. The molecule has 4 aromatic rings. The molecular formula is C25H16Cl2N4O5. The Morgan fingerprint density at radius 3 is 2.36 bits per heavy atom. The van der Waals surface area contributed by atoms with E-state index in [1.807, 2.05) is 5.43 Å². The Hall–Kier alpha value is -4.47. The molecule has 3 N–H and O–H groups in total. The fourth-order valence-corrected chi connectivity index (χ4v) is 3.42. The first-order valence-electron chi connectivity index (χ1n) is 10.3. The van der Waals surface area contributed by atoms with Gasteiger partial charge in [0.15, 0.2) is 0 Å². The zero-order valence-corrected chi connectivity index (χ0v) is 19.8. The van der Waals surface area contributed by atoms with E-state index in [1.165, 1.54) is 24.5 Å². The number of benzene rings is 3. The normalized spacial score (nSPS) is 10.8. The third-order valence-corrected chi connectivity index (χ3v) is 5.35. The first-order valence-corrected chi connectivity index (χ1v) is 11.1. The molecule has 11 heteroatoms. The van der Waals surface area contributed by atoms with Crippen LogP contribution in [0.5, 0.6) is 0 Å². The Kier molecular flexibility index (Phi) is 7.43. The minimum atomic E-state index is -1.12. The number of hydrogen-bond acceptors (Lipinski definition) is 6. The summed E-state index contributed by atoms with van der Waals surface area (Å²) in [5.74, 6) is -2.70. The molecule has 0 unspecified atom stereocenters. The van der Waals surface area contributed by atoms with Gasteiger partial charge in [-0.05, 0) is 54.6 Å². The lowest BCUT2D eigenvalue weighted by Crippen LogP contribution is -2.33. The number of rotatable bonds is 5. The highest BCUT2D eigenvalue weighted by molar-refractivity contribution is 6.40. The van der Waals surface area contributed by atoms with E-state index in [0.717, 1.165) is 6.21 Å². The summed E-state index contributed by atoms with van der Waals surface area (Å²) in [5, 5.41) is 9.81. The maximum absolute atomic E-state index is 12.7. The van der Waals surface area contributed by atoms with Crippen LogP contribution in [-0.2, 0) is 9.59 Å². The monoisotopic (exact) mass is 522 g/mol. The second-order valence-corrected chi connectivity index (χ2v) is 8.19. The highest BCUT2D eigenvalue weighted by Gasteiger charge is 2.18. The van der Waals surface area contributed by atoms with E-state index in [1.54, 1.807) is 48.5 Å². The number of anilines is 2. The van der Waals surface area contributed by atoms with Crippen molar-refractivity contribution < 1.29 is 18.8 Å². The lowest BCUT2D eigenvalue weighted by molar-refractivity contribution is -0.136. The average Bonchev–Trinajstić information content (AvgIpc) is 2.87. The van der Waals surface area contributed by atoms with Crippen LogP contribution in [0.15, 0.2) is 87.3 Å². The molecule has 3 amide bonds. The number of halogens is 2. The molecular weight excluding hydrogens is 507 g/mol. The van der Waals surface area contributed by atoms with Crippen LogP contribution in [0.4, 0.5) is 11.4 Å². The summed E-state index contributed by atoms with van der Waals surface area (Å²) in [7, 11) is 0. The van der Waals surface area contributed by atoms with Crippen LogP contribution in [0.25, 0.3) is 11.0 Å². The van der Waals surface area contributed by atoms with E-state index < -0.39 is 23.2 Å². The molecule has 1 heterocycles. The second-order valence-electron chi connectivity index (χ2n) is 7.32. The van der Waals surface area contributed by atoms with Gasteiger partial charge in [0.1, 0.15) is 11.8 Å². The fraction of sp³-hybridized carbons (Fsp3) is 0. The Morgan fingerprint density at radius 1 is 0.861 bits per heavy atom. The van der Waals surface area contributed by atoms with Crippen LogP contribution in [0, 0.1) is 0 Å². The summed E-state index contributed by atoms with van der Waals surface area (Å²) >= 11 is 11.8. The number of amides is 3. The molecule has 0 aliphatic rings. The zero-order chi connectivity index (χ0) is 25.7. The molecule has 9 nitrogen and oxygen atoms in total. The van der Waals surface area contributed by atoms with Crippen LogP contribution in [0.2, 0.25) is 10.0 Å². The molecule has 1 aromatic heterocycles. The largest absolute Gasteiger partial charge is 0.463 e. The Morgan fingerprint density at radius 2 is 1.58 bits per heavy atom. The van der Waals surface area contributed by atoms with Gasteiger partial charge in [0, 0.05) is 15.7 Å². The van der Waals surface area contributed by atoms with Crippen molar-refractivity contribution >= 4 is 69.5 Å². The van der Waals surface area contributed by atoms with Crippen molar-refractivity contribution in [3.63, 3.8) is 0 Å². The van der Waals surface area contributed by atoms with Crippen molar-refractivity contribution in [1.82, 2.24) is 5.43 Å². The second kappa shape index (κ2) is 10.9. The van der Waals surface area contributed by atoms with Gasteiger partial charge < -0.3 is 15.1 Å². The molecule has 0 atom stereocenters. The molecule has 0 radical (unpaired) electrons. The predicted octanol–water partition coefficient (Wildman–Crippen LogP) is 4.44. The lowest BCUT2D eigenvalue weighted by atomic mass is 10.1. The lowest BCUT2D eigenvalue weighted by Gasteiger charge is -2.11. The quantitative estimate of drug-likeness (QED) is 0.202. The number of nitrogens with zero attached hydrogens (tertiary/aromatic N) is 1. The number of fused-ring (bicyclic) bond motifs is 1. The third kappa shape index (κ3) is 5.77. The van der Waals surface area contributed by atoms with E-state index in [4.69, 9.17) is 27.6 Å². The first kappa shape index (κ1) is 24.6. The van der Waals surface area contributed by atoms with Gasteiger partial charge in [-0.1, -0.05) is 35.3 Å². The van der Waals surface area contributed by atoms with Gasteiger partial charge >= 0.3 is 11.8 Å². The summed E-state index contributed by atoms with van der Waals surface area (Å²) in [6.07, 6.45) is 2.22. The van der Waals surface area contributed by atoms with E-state index in [9.17, 15) is 19.2 Å². The van der Waals surface area contributed by atoms with Crippen molar-refractivity contribution in [3.05, 3.63) is 104 Å². The van der Waals surface area contributed by atoms with E-state index in [0.29, 0.717) is 21.3 Å². The number of nitrogens with one attached hydrogen (secondary N) is 3. The van der Waals surface area contributed by atoms with E-state index in [2.05, 4.69) is 15.7 Å². The smallest absolute Gasteiger partial charge is 0.329 e. The minimum Gasteiger partial charge on any atom is -0.463 e. The summed E-state index contributed by atoms with van der Waals surface area (Å²) in [5.41, 5.74) is 2.73. The maximum Gasteiger partial charge on any atom is 0.329 e. The summed E-state index contributed by atoms with van der Waals surface area (Å²) in [6.45, 7) is 0. The van der Waals surface area contributed by atoms with Gasteiger partial charge in [-0.2, -0.15) is 5.10 Å². The predicted molar refractivity (Wildman–Crippen MR) is 138 cm³/mol. The standard InChI is InChI=1S/C25H16Cl2N4O5/c26-15-5-8-17(9-6-15)29-23(33)18-3-1-2-4-20(18)30-24(34)25(35)31-28-12-14-13-36-21-10-7-16(27)11-19(21)22(14)32/h1-13H,(H,29,33)(H,30,34)(H,31,35)/b28-12+. The summed E-state index contributed by atoms with van der Waals surface area (Å²) in [6, 6.07) is 17.2. The zero-order valence-electron chi connectivity index (χ0n) is 18.2. The Bertz CT molecular complexity index is 1570. The maximum atomic E-state index is 12.7. The SMILES string of the molecule is O=C(N/N=C/c1coc2ccc(Cl)cc2c1=O)C(=O)Nc1ccccc1C(=O)Nc1ccc(Cl)cc1. The van der Waals surface area contributed by atoms with Crippen molar-refractivity contribution in [3.8, 4) is 0 Å². The third-order valence-electron chi connectivity index (χ3n) is 4.86. The first-order chi connectivity index (χ1) is 17.3. The number of hydrogen-bond donors (Lipinski definition) is 3. The van der Waals surface area contributed by atoms with E-state index >= 15 is 0 Å². The molecule has 0 aliphatic carbocycles. The van der Waals surface area contributed by atoms with Gasteiger partial charge in [0.2, 0.25) is 5.43 Å². The van der Waals surface area contributed by atoms with Gasteiger partial charge in [-0.25, -0.2) is 5.43 Å². The molecule has 0 fully saturated rings. The molecule has 180 valence electrons. The van der Waals surface area contributed by atoms with Gasteiger partial charge in [-0.3, -0.25) is 19.2 Å². The highest BCUT2D eigenvalue weighted by Crippen LogP contribution is 2.19. The van der Waals surface area contributed by atoms with Crippen LogP contribution in [0.1, 0.15) is 15.9 Å². The van der Waals surface area contributed by atoms with Crippen LogP contribution in [0.3, 0.4) is 0 Å². The topological polar surface area (TPSA) is 130 Å². The fourth-order valence-electron chi connectivity index (χ4n) is 3.12. The van der Waals surface area contributed by atoms with Crippen LogP contribution in [-0.4, -0.2) is 23.9 Å². The van der Waals surface area contributed by atoms with E-state index in [-0.39, 0.29) is 22.2 Å². The highest BCUT2D eigenvalue weighted by atomic mass is 35.5. The van der Waals surface area contributed by atoms with Gasteiger partial charge in [0.05, 0.1) is 28.4 Å². The van der Waals surface area contributed by atoms with Gasteiger partial charge in [-0.15, -0.1) is 0 Å². The summed E-state index contributed by atoms with van der Waals surface area (Å²) in [4.78, 5) is 49.8. The van der Waals surface area contributed by atoms with Crippen LogP contribution >= 0.6 is 23.2 Å². The number of para-hydroxylation sites is 1. The molecule has 36 heavy (non-hydrogen) atoms. The molecule has 0 spiro atoms. The molecule has 3 aromatic carbocycles. The Labute approximate surface area is 213 Å². The number of hydrazone groups is 1. The molecule has 0 saturated carbocycles. The van der Waals surface area contributed by atoms with Crippen molar-refractivity contribution in [2.75, 3.05) is 10.6 Å². The van der Waals surface area contributed by atoms with Gasteiger partial charge in [0.25, 0.3) is 5.91 Å².